The molecule has 0 heterocycles. The van der Waals surface area contributed by atoms with Crippen LogP contribution in [0.25, 0.3) is 12.2 Å². The van der Waals surface area contributed by atoms with Gasteiger partial charge in [-0.2, -0.15) is 0 Å². The van der Waals surface area contributed by atoms with Crippen molar-refractivity contribution in [3.05, 3.63) is 70.8 Å². The topological polar surface area (TPSA) is 76.0 Å². The van der Waals surface area contributed by atoms with Crippen molar-refractivity contribution in [2.45, 2.75) is 13.2 Å². The van der Waals surface area contributed by atoms with Gasteiger partial charge in [-0.15, -0.1) is 0 Å². The van der Waals surface area contributed by atoms with E-state index in [1.54, 1.807) is 56.7 Å². The van der Waals surface area contributed by atoms with Crippen LogP contribution < -0.4 is 9.47 Å². The van der Waals surface area contributed by atoms with Crippen molar-refractivity contribution >= 4 is 17.9 Å². The van der Waals surface area contributed by atoms with Crippen molar-refractivity contribution in [3.63, 3.8) is 0 Å². The Morgan fingerprint density at radius 1 is 0.846 bits per heavy atom. The van der Waals surface area contributed by atoms with Gasteiger partial charge >= 0.3 is 0 Å². The van der Waals surface area contributed by atoms with Crippen LogP contribution in [-0.4, -0.2) is 30.2 Å². The fourth-order valence-electron chi connectivity index (χ4n) is 2.42. The van der Waals surface area contributed by atoms with E-state index >= 15 is 0 Å². The predicted octanol–water partition coefficient (Wildman–Crippen LogP) is 2.98. The molecule has 0 aliphatic carbocycles. The van der Waals surface area contributed by atoms with E-state index in [0.29, 0.717) is 22.6 Å². The number of hydrogen-bond donors (Lipinski definition) is 2. The zero-order valence-electron chi connectivity index (χ0n) is 14.8. The van der Waals surface area contributed by atoms with Gasteiger partial charge in [0.15, 0.2) is 17.3 Å². The van der Waals surface area contributed by atoms with Crippen LogP contribution in [0.1, 0.15) is 22.3 Å². The summed E-state index contributed by atoms with van der Waals surface area (Å²) in [4.78, 5) is 12.0. The Balaban J connectivity index is 2.08. The Labute approximate surface area is 152 Å². The van der Waals surface area contributed by atoms with Gasteiger partial charge < -0.3 is 19.7 Å². The zero-order chi connectivity index (χ0) is 18.9. The number of aliphatic hydroxyl groups is 2. The third kappa shape index (κ3) is 5.05. The minimum Gasteiger partial charge on any atom is -0.493 e. The number of hydrogen-bond acceptors (Lipinski definition) is 5. The lowest BCUT2D eigenvalue weighted by Crippen LogP contribution is -1.94. The van der Waals surface area contributed by atoms with Crippen LogP contribution in [-0.2, 0) is 18.0 Å². The van der Waals surface area contributed by atoms with E-state index in [4.69, 9.17) is 9.47 Å². The summed E-state index contributed by atoms with van der Waals surface area (Å²) < 4.78 is 10.4. The maximum atomic E-state index is 12.0. The molecule has 5 nitrogen and oxygen atoms in total. The lowest BCUT2D eigenvalue weighted by atomic mass is 10.0. The third-order valence-electron chi connectivity index (χ3n) is 3.86. The largest absolute Gasteiger partial charge is 0.493 e. The summed E-state index contributed by atoms with van der Waals surface area (Å²) in [5, 5.41) is 18.5. The first-order valence-electron chi connectivity index (χ1n) is 8.07. The first-order valence-corrected chi connectivity index (χ1v) is 8.07. The summed E-state index contributed by atoms with van der Waals surface area (Å²) in [7, 11) is 3.12. The number of carbonyl (C=O) groups is 1. The van der Waals surface area contributed by atoms with E-state index in [9.17, 15) is 15.0 Å². The minimum atomic E-state index is -0.170. The molecule has 2 rings (SSSR count). The number of ether oxygens (including phenoxy) is 2. The average molecular weight is 354 g/mol. The molecule has 0 bridgehead atoms. The Hall–Kier alpha value is -2.89. The van der Waals surface area contributed by atoms with Crippen molar-refractivity contribution in [2.75, 3.05) is 14.2 Å². The fraction of sp³-hybridized carbons (Fsp3) is 0.190. The van der Waals surface area contributed by atoms with Crippen molar-refractivity contribution < 1.29 is 24.5 Å². The normalized spacial score (nSPS) is 11.2. The van der Waals surface area contributed by atoms with E-state index < -0.39 is 0 Å². The molecule has 5 heteroatoms. The Kier molecular flexibility index (Phi) is 7.14. The van der Waals surface area contributed by atoms with Crippen LogP contribution in [0.4, 0.5) is 0 Å². The molecule has 136 valence electrons. The first-order chi connectivity index (χ1) is 12.6. The molecular formula is C21H22O5. The van der Waals surface area contributed by atoms with Crippen molar-refractivity contribution in [1.29, 1.82) is 0 Å². The third-order valence-corrected chi connectivity index (χ3v) is 3.86. The highest BCUT2D eigenvalue weighted by Gasteiger charge is 2.03. The van der Waals surface area contributed by atoms with Crippen LogP contribution in [0, 0.1) is 0 Å². The molecule has 2 aromatic rings. The molecule has 0 aromatic heterocycles. The number of rotatable bonds is 8. The van der Waals surface area contributed by atoms with Gasteiger partial charge in [-0.3, -0.25) is 4.79 Å². The van der Waals surface area contributed by atoms with Crippen molar-refractivity contribution in [1.82, 2.24) is 0 Å². The molecule has 0 atom stereocenters. The van der Waals surface area contributed by atoms with Gasteiger partial charge in [0.25, 0.3) is 0 Å². The summed E-state index contributed by atoms with van der Waals surface area (Å²) in [5.74, 6) is 1.05. The lowest BCUT2D eigenvalue weighted by molar-refractivity contribution is -0.110. The lowest BCUT2D eigenvalue weighted by Gasteiger charge is -2.07. The maximum Gasteiger partial charge on any atom is 0.178 e. The van der Waals surface area contributed by atoms with Crippen LogP contribution >= 0.6 is 0 Å². The number of aliphatic hydroxyl groups excluding tert-OH is 2. The van der Waals surface area contributed by atoms with E-state index in [1.165, 1.54) is 12.2 Å². The van der Waals surface area contributed by atoms with E-state index in [2.05, 4.69) is 0 Å². The van der Waals surface area contributed by atoms with E-state index in [-0.39, 0.29) is 19.0 Å². The molecule has 2 N–H and O–H groups in total. The number of ketones is 1. The zero-order valence-corrected chi connectivity index (χ0v) is 14.8. The van der Waals surface area contributed by atoms with Gasteiger partial charge in [0, 0.05) is 0 Å². The quantitative estimate of drug-likeness (QED) is 0.713. The molecule has 0 saturated heterocycles. The number of benzene rings is 2. The Bertz CT molecular complexity index is 754. The molecular weight excluding hydrogens is 332 g/mol. The molecule has 0 aliphatic rings. The molecule has 0 amide bonds. The maximum absolute atomic E-state index is 12.0. The van der Waals surface area contributed by atoms with Crippen molar-refractivity contribution in [2.24, 2.45) is 0 Å². The van der Waals surface area contributed by atoms with Gasteiger partial charge in [0.2, 0.25) is 0 Å². The van der Waals surface area contributed by atoms with Gasteiger partial charge in [-0.05, 0) is 52.6 Å². The van der Waals surface area contributed by atoms with Gasteiger partial charge in [-0.25, -0.2) is 0 Å². The molecule has 0 fully saturated rings. The monoisotopic (exact) mass is 354 g/mol. The average Bonchev–Trinajstić information content (AvgIpc) is 2.69. The molecule has 0 saturated carbocycles. The fourth-order valence-corrected chi connectivity index (χ4v) is 2.42. The van der Waals surface area contributed by atoms with Gasteiger partial charge in [0.1, 0.15) is 0 Å². The molecule has 2 aromatic carbocycles. The van der Waals surface area contributed by atoms with Crippen molar-refractivity contribution in [3.8, 4) is 11.5 Å². The van der Waals surface area contributed by atoms with Crippen LogP contribution in [0.3, 0.4) is 0 Å². The molecule has 26 heavy (non-hydrogen) atoms. The Morgan fingerprint density at radius 2 is 1.42 bits per heavy atom. The van der Waals surface area contributed by atoms with Crippen LogP contribution in [0.5, 0.6) is 11.5 Å². The standard InChI is InChI=1S/C21H22O5/c1-25-20-10-6-16(12-21(20)26-2)5-9-19(24)8-4-15-3-7-17(13-22)18(11-15)14-23/h3-12,22-23H,13-14H2,1-2H3. The molecule has 0 radical (unpaired) electrons. The van der Waals surface area contributed by atoms with Crippen LogP contribution in [0.15, 0.2) is 48.6 Å². The highest BCUT2D eigenvalue weighted by molar-refractivity contribution is 6.04. The first kappa shape index (κ1) is 19.4. The second-order valence-electron chi connectivity index (χ2n) is 5.53. The highest BCUT2D eigenvalue weighted by atomic mass is 16.5. The van der Waals surface area contributed by atoms with E-state index in [0.717, 1.165) is 11.1 Å². The molecule has 0 aliphatic heterocycles. The Morgan fingerprint density at radius 3 is 2.00 bits per heavy atom. The molecule has 0 spiro atoms. The number of carbonyl (C=O) groups excluding carboxylic acids is 1. The predicted molar refractivity (Wildman–Crippen MR) is 101 cm³/mol. The van der Waals surface area contributed by atoms with Gasteiger partial charge in [0.05, 0.1) is 27.4 Å². The van der Waals surface area contributed by atoms with Crippen LogP contribution in [0.2, 0.25) is 0 Å². The second kappa shape index (κ2) is 9.56. The highest BCUT2D eigenvalue weighted by Crippen LogP contribution is 2.27. The second-order valence-corrected chi connectivity index (χ2v) is 5.53. The summed E-state index contributed by atoms with van der Waals surface area (Å²) in [6.45, 7) is -0.294. The summed E-state index contributed by atoms with van der Waals surface area (Å²) >= 11 is 0. The smallest absolute Gasteiger partial charge is 0.178 e. The van der Waals surface area contributed by atoms with E-state index in [1.807, 2.05) is 6.07 Å². The summed E-state index contributed by atoms with van der Waals surface area (Å²) in [5.41, 5.74) is 2.91. The minimum absolute atomic E-state index is 0.132. The molecule has 0 unspecified atom stereocenters. The SMILES string of the molecule is COc1ccc(C=CC(=O)C=Cc2ccc(CO)c(CO)c2)cc1OC. The summed E-state index contributed by atoms with van der Waals surface area (Å²) in [6.07, 6.45) is 6.28. The number of methoxy groups -OCH3 is 2. The summed E-state index contributed by atoms with van der Waals surface area (Å²) in [6, 6.07) is 10.6. The van der Waals surface area contributed by atoms with Gasteiger partial charge in [-0.1, -0.05) is 30.4 Å². The number of allylic oxidation sites excluding steroid dienone is 2.